The molecule has 0 radical (unpaired) electrons. The highest BCUT2D eigenvalue weighted by Crippen LogP contribution is 2.45. The van der Waals surface area contributed by atoms with E-state index < -0.39 is 6.23 Å². The lowest BCUT2D eigenvalue weighted by molar-refractivity contribution is 0.0499. The molecule has 0 saturated heterocycles. The summed E-state index contributed by atoms with van der Waals surface area (Å²) in [5.41, 5.74) is 3.69. The summed E-state index contributed by atoms with van der Waals surface area (Å²) in [6, 6.07) is 17.4. The predicted octanol–water partition coefficient (Wildman–Crippen LogP) is 3.98. The van der Waals surface area contributed by atoms with Crippen molar-refractivity contribution in [2.24, 2.45) is 4.99 Å². The fourth-order valence-electron chi connectivity index (χ4n) is 3.55. The van der Waals surface area contributed by atoms with Crippen LogP contribution in [0.25, 0.3) is 16.8 Å². The topological polar surface area (TPSA) is 61.0 Å². The molecule has 1 atom stereocenters. The fraction of sp³-hybridized carbons (Fsp3) is 0.190. The van der Waals surface area contributed by atoms with E-state index in [2.05, 4.69) is 4.99 Å². The molecule has 1 aliphatic carbocycles. The van der Waals surface area contributed by atoms with Crippen molar-refractivity contribution < 1.29 is 10.2 Å². The number of phenols is 1. The average molecular weight is 345 g/mol. The van der Waals surface area contributed by atoms with Crippen LogP contribution in [-0.2, 0) is 0 Å². The van der Waals surface area contributed by atoms with E-state index in [1.807, 2.05) is 58.1 Å². The Bertz CT molecular complexity index is 972. The van der Waals surface area contributed by atoms with Crippen LogP contribution in [0.1, 0.15) is 24.6 Å². The minimum absolute atomic E-state index is 0.225. The Kier molecular flexibility index (Phi) is 3.36. The van der Waals surface area contributed by atoms with Crippen molar-refractivity contribution in [2.45, 2.75) is 25.1 Å². The molecule has 5 heteroatoms. The Morgan fingerprint density at radius 1 is 0.962 bits per heavy atom. The maximum Gasteiger partial charge on any atom is 0.158 e. The molecule has 1 unspecified atom stereocenters. The van der Waals surface area contributed by atoms with Crippen molar-refractivity contribution in [3.8, 4) is 22.6 Å². The van der Waals surface area contributed by atoms with Gasteiger partial charge >= 0.3 is 0 Å². The van der Waals surface area contributed by atoms with Gasteiger partial charge in [0.15, 0.2) is 6.23 Å². The number of phenolic OH excluding ortho intramolecular Hbond substituents is 1. The minimum Gasteiger partial charge on any atom is -0.508 e. The predicted molar refractivity (Wildman–Crippen MR) is 101 cm³/mol. The van der Waals surface area contributed by atoms with Crippen LogP contribution >= 0.6 is 0 Å². The molecule has 2 heterocycles. The second kappa shape index (κ2) is 5.75. The first-order chi connectivity index (χ1) is 12.7. The van der Waals surface area contributed by atoms with Gasteiger partial charge in [0.2, 0.25) is 0 Å². The van der Waals surface area contributed by atoms with Gasteiger partial charge in [-0.25, -0.2) is 4.99 Å². The number of hydrogen-bond acceptors (Lipinski definition) is 4. The van der Waals surface area contributed by atoms with Crippen molar-refractivity contribution >= 4 is 12.2 Å². The molecule has 0 amide bonds. The molecule has 2 N–H and O–H groups in total. The number of aliphatic hydroxyl groups excluding tert-OH is 1. The third-order valence-corrected chi connectivity index (χ3v) is 5.05. The Balaban J connectivity index is 1.71. The van der Waals surface area contributed by atoms with Crippen molar-refractivity contribution in [3.63, 3.8) is 0 Å². The lowest BCUT2D eigenvalue weighted by Gasteiger charge is -2.29. The van der Waals surface area contributed by atoms with E-state index in [1.54, 1.807) is 18.5 Å². The molecule has 1 aliphatic heterocycles. The number of aliphatic hydroxyl groups is 1. The van der Waals surface area contributed by atoms with Gasteiger partial charge in [0, 0.05) is 23.5 Å². The van der Waals surface area contributed by atoms with Crippen LogP contribution < -0.4 is 0 Å². The van der Waals surface area contributed by atoms with Crippen LogP contribution in [-0.4, -0.2) is 32.1 Å². The summed E-state index contributed by atoms with van der Waals surface area (Å²) in [5, 5.41) is 20.7. The van der Waals surface area contributed by atoms with Crippen molar-refractivity contribution in [2.75, 3.05) is 0 Å². The molecule has 0 bridgehead atoms. The van der Waals surface area contributed by atoms with Gasteiger partial charge in [-0.1, -0.05) is 30.3 Å². The molecule has 26 heavy (non-hydrogen) atoms. The zero-order chi connectivity index (χ0) is 17.7. The Morgan fingerprint density at radius 2 is 1.69 bits per heavy atom. The van der Waals surface area contributed by atoms with Gasteiger partial charge in [-0.2, -0.15) is 0 Å². The first kappa shape index (κ1) is 15.2. The van der Waals surface area contributed by atoms with Gasteiger partial charge in [-0.3, -0.25) is 0 Å². The molecule has 1 saturated carbocycles. The smallest absolute Gasteiger partial charge is 0.158 e. The van der Waals surface area contributed by atoms with Crippen LogP contribution in [0.4, 0.5) is 5.82 Å². The average Bonchev–Trinajstić information content (AvgIpc) is 3.43. The van der Waals surface area contributed by atoms with E-state index in [0.29, 0.717) is 6.04 Å². The van der Waals surface area contributed by atoms with Gasteiger partial charge in [-0.15, -0.1) is 0 Å². The summed E-state index contributed by atoms with van der Waals surface area (Å²) < 4.78 is 2.02. The molecule has 0 spiro atoms. The number of nitrogens with zero attached hydrogens (tertiary/aromatic N) is 3. The van der Waals surface area contributed by atoms with E-state index in [1.165, 1.54) is 0 Å². The SMILES string of the molecule is Oc1ccc(-c2cn(-c3ccccc3)c3c2C(O)N(C2CC2)C=N3)cc1. The van der Waals surface area contributed by atoms with Crippen LogP contribution in [0.5, 0.6) is 5.75 Å². The van der Waals surface area contributed by atoms with E-state index in [-0.39, 0.29) is 5.75 Å². The number of para-hydroxylation sites is 1. The number of aliphatic imine (C=N–C) groups is 1. The fourth-order valence-corrected chi connectivity index (χ4v) is 3.55. The zero-order valence-corrected chi connectivity index (χ0v) is 14.2. The second-order valence-corrected chi connectivity index (χ2v) is 6.83. The van der Waals surface area contributed by atoms with Gasteiger partial charge in [0.25, 0.3) is 0 Å². The monoisotopic (exact) mass is 345 g/mol. The number of aromatic nitrogens is 1. The highest BCUT2D eigenvalue weighted by Gasteiger charge is 2.37. The summed E-state index contributed by atoms with van der Waals surface area (Å²) in [5.74, 6) is 0.979. The van der Waals surface area contributed by atoms with Crippen molar-refractivity contribution in [1.82, 2.24) is 9.47 Å². The van der Waals surface area contributed by atoms with Crippen LogP contribution in [0.3, 0.4) is 0 Å². The van der Waals surface area contributed by atoms with Crippen LogP contribution in [0.15, 0.2) is 65.8 Å². The van der Waals surface area contributed by atoms with Gasteiger partial charge in [0.05, 0.1) is 11.9 Å². The first-order valence-electron chi connectivity index (χ1n) is 8.82. The number of fused-ring (bicyclic) bond motifs is 1. The molecule has 5 rings (SSSR count). The Labute approximate surface area is 151 Å². The minimum atomic E-state index is -0.719. The van der Waals surface area contributed by atoms with E-state index in [0.717, 1.165) is 41.0 Å². The molecule has 3 aromatic rings. The maximum atomic E-state index is 11.1. The summed E-state index contributed by atoms with van der Waals surface area (Å²) in [4.78, 5) is 6.63. The largest absolute Gasteiger partial charge is 0.508 e. The third-order valence-electron chi connectivity index (χ3n) is 5.05. The Hall–Kier alpha value is -3.05. The standard InChI is InChI=1S/C21H19N3O2/c25-17-10-6-14(7-11-17)18-12-23(15-4-2-1-3-5-15)20-19(18)21(26)24(13-22-20)16-8-9-16/h1-7,10-13,16,21,25-26H,8-9H2. The number of aromatic hydroxyl groups is 1. The summed E-state index contributed by atoms with van der Waals surface area (Å²) in [7, 11) is 0. The van der Waals surface area contributed by atoms with Gasteiger partial charge in [0.1, 0.15) is 11.6 Å². The lowest BCUT2D eigenvalue weighted by atomic mass is 10.0. The van der Waals surface area contributed by atoms with E-state index >= 15 is 0 Å². The molecule has 1 fully saturated rings. The third kappa shape index (κ3) is 2.40. The molecule has 2 aromatic carbocycles. The van der Waals surface area contributed by atoms with Crippen LogP contribution in [0.2, 0.25) is 0 Å². The molecular weight excluding hydrogens is 326 g/mol. The summed E-state index contributed by atoms with van der Waals surface area (Å²) in [6.45, 7) is 0. The molecule has 130 valence electrons. The molecule has 5 nitrogen and oxygen atoms in total. The highest BCUT2D eigenvalue weighted by atomic mass is 16.3. The number of rotatable bonds is 3. The maximum absolute atomic E-state index is 11.1. The first-order valence-corrected chi connectivity index (χ1v) is 8.82. The van der Waals surface area contributed by atoms with Crippen molar-refractivity contribution in [1.29, 1.82) is 0 Å². The molecule has 1 aromatic heterocycles. The van der Waals surface area contributed by atoms with Crippen LogP contribution in [0, 0.1) is 0 Å². The molecular formula is C21H19N3O2. The van der Waals surface area contributed by atoms with E-state index in [9.17, 15) is 10.2 Å². The molecule has 2 aliphatic rings. The highest BCUT2D eigenvalue weighted by molar-refractivity contribution is 5.79. The summed E-state index contributed by atoms with van der Waals surface area (Å²) >= 11 is 0. The normalized spacial score (nSPS) is 18.8. The Morgan fingerprint density at radius 3 is 2.38 bits per heavy atom. The quantitative estimate of drug-likeness (QED) is 0.755. The van der Waals surface area contributed by atoms with E-state index in [4.69, 9.17) is 0 Å². The second-order valence-electron chi connectivity index (χ2n) is 6.83. The number of hydrogen-bond donors (Lipinski definition) is 2. The zero-order valence-electron chi connectivity index (χ0n) is 14.2. The van der Waals surface area contributed by atoms with Crippen molar-refractivity contribution in [3.05, 3.63) is 66.4 Å². The van der Waals surface area contributed by atoms with Gasteiger partial charge < -0.3 is 19.7 Å². The lowest BCUT2D eigenvalue weighted by Crippen LogP contribution is -2.31. The summed E-state index contributed by atoms with van der Waals surface area (Å²) in [6.07, 6.45) is 5.25. The number of benzene rings is 2. The van der Waals surface area contributed by atoms with Gasteiger partial charge in [-0.05, 0) is 42.7 Å².